The Bertz CT molecular complexity index is 1000. The highest BCUT2D eigenvalue weighted by molar-refractivity contribution is 5.77. The Labute approximate surface area is 193 Å². The van der Waals surface area contributed by atoms with Gasteiger partial charge >= 0.3 is 5.97 Å². The lowest BCUT2D eigenvalue weighted by Gasteiger charge is -2.37. The van der Waals surface area contributed by atoms with E-state index in [1.165, 1.54) is 6.07 Å². The van der Waals surface area contributed by atoms with E-state index in [1.807, 2.05) is 24.3 Å². The number of ether oxygens (including phenoxy) is 2. The molecule has 3 rings (SSSR count). The first-order valence-electron chi connectivity index (χ1n) is 11.1. The van der Waals surface area contributed by atoms with Gasteiger partial charge in [0.05, 0.1) is 41.7 Å². The second kappa shape index (κ2) is 11.6. The number of carboxylic acids is 1. The van der Waals surface area contributed by atoms with E-state index in [4.69, 9.17) is 14.7 Å². The van der Waals surface area contributed by atoms with E-state index in [1.54, 1.807) is 19.2 Å². The van der Waals surface area contributed by atoms with Crippen LogP contribution in [-0.4, -0.2) is 50.6 Å². The van der Waals surface area contributed by atoms with Crippen molar-refractivity contribution in [1.82, 2.24) is 0 Å². The van der Waals surface area contributed by atoms with Crippen LogP contribution in [0.5, 0.6) is 0 Å². The molecule has 0 aromatic heterocycles. The Balaban J connectivity index is 2.04. The molecule has 2 aromatic rings. The van der Waals surface area contributed by atoms with Crippen molar-refractivity contribution in [2.24, 2.45) is 0 Å². The van der Waals surface area contributed by atoms with E-state index in [9.17, 15) is 14.3 Å². The first-order chi connectivity index (χ1) is 16.0. The van der Waals surface area contributed by atoms with Crippen LogP contribution in [0.1, 0.15) is 43.2 Å². The Morgan fingerprint density at radius 2 is 2.06 bits per heavy atom. The summed E-state index contributed by atoms with van der Waals surface area (Å²) in [5, 5.41) is 21.6. The zero-order valence-corrected chi connectivity index (χ0v) is 19.0. The lowest BCUT2D eigenvalue weighted by molar-refractivity contribution is -0.137. The predicted octanol–water partition coefficient (Wildman–Crippen LogP) is 4.65. The van der Waals surface area contributed by atoms with Gasteiger partial charge in [-0.2, -0.15) is 5.26 Å². The van der Waals surface area contributed by atoms with Crippen LogP contribution in [0.2, 0.25) is 0 Å². The SMILES string of the molecule is CCN(c1ccc([C@@H](COC)CC(=O)O)cc1Nc1ccc(C#N)cc1F)C1CCOCC1. The summed E-state index contributed by atoms with van der Waals surface area (Å²) < 4.78 is 25.5. The van der Waals surface area contributed by atoms with Crippen molar-refractivity contribution in [1.29, 1.82) is 5.26 Å². The Hall–Kier alpha value is -3.15. The number of aliphatic carboxylic acids is 1. The maximum Gasteiger partial charge on any atom is 0.304 e. The van der Waals surface area contributed by atoms with Crippen LogP contribution in [-0.2, 0) is 14.3 Å². The number of anilines is 3. The second-order valence-electron chi connectivity index (χ2n) is 8.09. The van der Waals surface area contributed by atoms with Crippen molar-refractivity contribution in [3.05, 3.63) is 53.3 Å². The monoisotopic (exact) mass is 455 g/mol. The second-order valence-corrected chi connectivity index (χ2v) is 8.09. The summed E-state index contributed by atoms with van der Waals surface area (Å²) in [6.07, 6.45) is 1.71. The van der Waals surface area contributed by atoms with E-state index in [0.717, 1.165) is 30.6 Å². The molecule has 176 valence electrons. The number of carboxylic acid groups (broad SMARTS) is 1. The highest BCUT2D eigenvalue weighted by Crippen LogP contribution is 2.36. The maximum atomic E-state index is 14.7. The maximum absolute atomic E-state index is 14.7. The lowest BCUT2D eigenvalue weighted by Crippen LogP contribution is -2.39. The van der Waals surface area contributed by atoms with Crippen LogP contribution in [0.15, 0.2) is 36.4 Å². The summed E-state index contributed by atoms with van der Waals surface area (Å²) in [4.78, 5) is 13.7. The summed E-state index contributed by atoms with van der Waals surface area (Å²) in [7, 11) is 1.54. The largest absolute Gasteiger partial charge is 0.481 e. The number of benzene rings is 2. The van der Waals surface area contributed by atoms with E-state index in [2.05, 4.69) is 17.1 Å². The number of methoxy groups -OCH3 is 1. The molecule has 0 bridgehead atoms. The number of nitriles is 1. The van der Waals surface area contributed by atoms with Gasteiger partial charge in [0, 0.05) is 38.8 Å². The number of carbonyl (C=O) groups is 1. The van der Waals surface area contributed by atoms with Crippen molar-refractivity contribution >= 4 is 23.0 Å². The van der Waals surface area contributed by atoms with E-state index in [-0.39, 0.29) is 36.2 Å². The molecule has 1 heterocycles. The smallest absolute Gasteiger partial charge is 0.304 e. The topological polar surface area (TPSA) is 94.8 Å². The van der Waals surface area contributed by atoms with Crippen LogP contribution in [0.4, 0.5) is 21.5 Å². The van der Waals surface area contributed by atoms with Crippen LogP contribution >= 0.6 is 0 Å². The number of hydrogen-bond donors (Lipinski definition) is 2. The van der Waals surface area contributed by atoms with E-state index >= 15 is 0 Å². The Morgan fingerprint density at radius 3 is 2.67 bits per heavy atom. The van der Waals surface area contributed by atoms with E-state index < -0.39 is 11.8 Å². The zero-order chi connectivity index (χ0) is 23.8. The predicted molar refractivity (Wildman–Crippen MR) is 125 cm³/mol. The summed E-state index contributed by atoms with van der Waals surface area (Å²) in [6, 6.07) is 12.3. The number of hydrogen-bond acceptors (Lipinski definition) is 6. The summed E-state index contributed by atoms with van der Waals surface area (Å²) >= 11 is 0. The first-order valence-corrected chi connectivity index (χ1v) is 11.1. The molecule has 33 heavy (non-hydrogen) atoms. The molecule has 0 unspecified atom stereocenters. The first kappa shape index (κ1) is 24.5. The number of halogens is 1. The molecule has 1 atom stereocenters. The molecule has 2 N–H and O–H groups in total. The minimum Gasteiger partial charge on any atom is -0.481 e. The Kier molecular flexibility index (Phi) is 8.64. The van der Waals surface area contributed by atoms with Gasteiger partial charge in [-0.05, 0) is 55.7 Å². The molecule has 0 aliphatic carbocycles. The molecular formula is C25H30FN3O4. The lowest BCUT2D eigenvalue weighted by atomic mass is 9.94. The minimum absolute atomic E-state index is 0.0741. The van der Waals surface area contributed by atoms with Crippen LogP contribution < -0.4 is 10.2 Å². The van der Waals surface area contributed by atoms with Gasteiger partial charge in [-0.3, -0.25) is 4.79 Å². The molecule has 2 aromatic carbocycles. The van der Waals surface area contributed by atoms with Crippen molar-refractivity contribution in [2.45, 2.75) is 38.1 Å². The molecule has 1 aliphatic heterocycles. The fourth-order valence-electron chi connectivity index (χ4n) is 4.30. The molecule has 0 saturated carbocycles. The highest BCUT2D eigenvalue weighted by Gasteiger charge is 2.24. The van der Waals surface area contributed by atoms with Gasteiger partial charge in [0.15, 0.2) is 0 Å². The van der Waals surface area contributed by atoms with Crippen LogP contribution in [0.25, 0.3) is 0 Å². The fourth-order valence-corrected chi connectivity index (χ4v) is 4.30. The van der Waals surface area contributed by atoms with Gasteiger partial charge in [0.25, 0.3) is 0 Å². The molecule has 8 heteroatoms. The average Bonchev–Trinajstić information content (AvgIpc) is 2.82. The third-order valence-corrected chi connectivity index (χ3v) is 5.93. The van der Waals surface area contributed by atoms with Gasteiger partial charge in [-0.25, -0.2) is 4.39 Å². The summed E-state index contributed by atoms with van der Waals surface area (Å²) in [6.45, 7) is 4.48. The molecule has 7 nitrogen and oxygen atoms in total. The van der Waals surface area contributed by atoms with Crippen molar-refractivity contribution < 1.29 is 23.8 Å². The van der Waals surface area contributed by atoms with Crippen molar-refractivity contribution in [3.63, 3.8) is 0 Å². The zero-order valence-electron chi connectivity index (χ0n) is 19.0. The quantitative estimate of drug-likeness (QED) is 0.538. The normalized spacial score (nSPS) is 15.0. The van der Waals surface area contributed by atoms with Gasteiger partial charge in [0.1, 0.15) is 5.82 Å². The number of nitrogens with zero attached hydrogens (tertiary/aromatic N) is 2. The number of nitrogens with one attached hydrogen (secondary N) is 1. The average molecular weight is 456 g/mol. The van der Waals surface area contributed by atoms with Crippen LogP contribution in [0, 0.1) is 17.1 Å². The summed E-state index contributed by atoms with van der Waals surface area (Å²) in [5.41, 5.74) is 2.87. The van der Waals surface area contributed by atoms with E-state index in [0.29, 0.717) is 18.9 Å². The van der Waals surface area contributed by atoms with Gasteiger partial charge < -0.3 is 24.8 Å². The molecule has 0 amide bonds. The third kappa shape index (κ3) is 6.21. The van der Waals surface area contributed by atoms with Crippen molar-refractivity contribution in [3.8, 4) is 6.07 Å². The molecule has 1 aliphatic rings. The van der Waals surface area contributed by atoms with Gasteiger partial charge in [0.2, 0.25) is 0 Å². The fraction of sp³-hybridized carbons (Fsp3) is 0.440. The molecular weight excluding hydrogens is 425 g/mol. The Morgan fingerprint density at radius 1 is 1.30 bits per heavy atom. The molecule has 0 radical (unpaired) electrons. The van der Waals surface area contributed by atoms with Crippen LogP contribution in [0.3, 0.4) is 0 Å². The molecule has 0 spiro atoms. The third-order valence-electron chi connectivity index (χ3n) is 5.93. The summed E-state index contributed by atoms with van der Waals surface area (Å²) in [5.74, 6) is -1.78. The number of rotatable bonds is 10. The molecule has 1 saturated heterocycles. The van der Waals surface area contributed by atoms with Gasteiger partial charge in [-0.1, -0.05) is 6.07 Å². The molecule has 1 fully saturated rings. The highest BCUT2D eigenvalue weighted by atomic mass is 19.1. The van der Waals surface area contributed by atoms with Gasteiger partial charge in [-0.15, -0.1) is 0 Å². The van der Waals surface area contributed by atoms with Crippen molar-refractivity contribution in [2.75, 3.05) is 43.7 Å². The minimum atomic E-state index is -0.911. The standard InChI is InChI=1S/C25H30FN3O4/c1-3-29(20-8-10-33-11-9-20)24-7-5-18(19(16-32-2)14-25(30)31)13-23(24)28-22-6-4-17(15-27)12-21(22)26/h4-7,12-13,19-20,28H,3,8-11,14,16H2,1-2H3,(H,30,31)/t19-/m1/s1.